The molecule has 0 aliphatic heterocycles. The van der Waals surface area contributed by atoms with Gasteiger partial charge >= 0.3 is 5.82 Å². The van der Waals surface area contributed by atoms with Gasteiger partial charge in [-0.1, -0.05) is 13.8 Å². The van der Waals surface area contributed by atoms with Crippen molar-refractivity contribution in [1.29, 1.82) is 0 Å². The van der Waals surface area contributed by atoms with Gasteiger partial charge in [0.25, 0.3) is 5.91 Å². The number of aromatic amines is 1. The van der Waals surface area contributed by atoms with Crippen LogP contribution >= 0.6 is 0 Å². The number of hydrogen-bond donors (Lipinski definition) is 3. The molecule has 0 aliphatic carbocycles. The highest BCUT2D eigenvalue weighted by Gasteiger charge is 2.14. The Balaban J connectivity index is 2.39. The Kier molecular flexibility index (Phi) is 4.65. The summed E-state index contributed by atoms with van der Waals surface area (Å²) in [7, 11) is 0. The van der Waals surface area contributed by atoms with Gasteiger partial charge in [0.15, 0.2) is 5.69 Å². The molecule has 0 aliphatic rings. The number of carbonyl (C=O) groups excluding carboxylic acids is 1. The first kappa shape index (κ1) is 13.2. The van der Waals surface area contributed by atoms with Crippen LogP contribution in [0, 0.1) is 10.1 Å². The molecule has 0 saturated heterocycles. The summed E-state index contributed by atoms with van der Waals surface area (Å²) in [5.41, 5.74) is 0.196. The van der Waals surface area contributed by atoms with Gasteiger partial charge in [-0.3, -0.25) is 4.79 Å². The summed E-state index contributed by atoms with van der Waals surface area (Å²) >= 11 is 0. The van der Waals surface area contributed by atoms with E-state index in [9.17, 15) is 14.9 Å². The van der Waals surface area contributed by atoms with Crippen molar-refractivity contribution in [2.45, 2.75) is 19.9 Å². The van der Waals surface area contributed by atoms with Crippen molar-refractivity contribution in [2.24, 2.45) is 0 Å². The van der Waals surface area contributed by atoms with Crippen LogP contribution in [-0.4, -0.2) is 34.9 Å². The van der Waals surface area contributed by atoms with E-state index in [1.54, 1.807) is 0 Å². The van der Waals surface area contributed by atoms with E-state index >= 15 is 0 Å². The predicted molar refractivity (Wildman–Crippen MR) is 62.9 cm³/mol. The van der Waals surface area contributed by atoms with Gasteiger partial charge in [-0.25, -0.2) is 4.98 Å². The molecule has 7 heteroatoms. The number of amides is 1. The van der Waals surface area contributed by atoms with Crippen molar-refractivity contribution < 1.29 is 9.72 Å². The molecule has 0 unspecified atom stereocenters. The van der Waals surface area contributed by atoms with E-state index in [0.29, 0.717) is 19.1 Å². The molecular formula is C10H16N4O3. The topological polar surface area (TPSA) is 100 Å². The lowest BCUT2D eigenvalue weighted by molar-refractivity contribution is -0.389. The Morgan fingerprint density at radius 1 is 1.47 bits per heavy atom. The molecular weight excluding hydrogens is 224 g/mol. The molecule has 0 aromatic carbocycles. The van der Waals surface area contributed by atoms with Crippen LogP contribution < -0.4 is 10.6 Å². The van der Waals surface area contributed by atoms with Crippen LogP contribution in [0.15, 0.2) is 12.1 Å². The fraction of sp³-hybridized carbons (Fsp3) is 0.500. The Hall–Kier alpha value is -1.89. The van der Waals surface area contributed by atoms with Crippen LogP contribution in [0.1, 0.15) is 24.3 Å². The molecule has 1 heterocycles. The Bertz CT molecular complexity index is 400. The molecule has 1 aromatic heterocycles. The maximum Gasteiger partial charge on any atom is 0.321 e. The molecule has 7 nitrogen and oxygen atoms in total. The minimum atomic E-state index is -0.572. The average Bonchev–Trinajstić information content (AvgIpc) is 2.73. The van der Waals surface area contributed by atoms with Gasteiger partial charge in [0, 0.05) is 25.2 Å². The molecule has 1 amide bonds. The number of rotatable bonds is 6. The van der Waals surface area contributed by atoms with Crippen LogP contribution in [-0.2, 0) is 0 Å². The van der Waals surface area contributed by atoms with E-state index in [0.717, 1.165) is 0 Å². The number of nitrogens with zero attached hydrogens (tertiary/aromatic N) is 1. The Morgan fingerprint density at radius 2 is 2.18 bits per heavy atom. The molecule has 0 atom stereocenters. The summed E-state index contributed by atoms with van der Waals surface area (Å²) in [5.74, 6) is -0.529. The zero-order valence-corrected chi connectivity index (χ0v) is 9.82. The first-order valence-corrected chi connectivity index (χ1v) is 5.35. The van der Waals surface area contributed by atoms with Crippen molar-refractivity contribution in [1.82, 2.24) is 15.6 Å². The largest absolute Gasteiger partial charge is 0.358 e. The van der Waals surface area contributed by atoms with Crippen molar-refractivity contribution >= 4 is 11.7 Å². The first-order valence-electron chi connectivity index (χ1n) is 5.35. The Labute approximate surface area is 98.7 Å². The third kappa shape index (κ3) is 4.23. The van der Waals surface area contributed by atoms with Crippen LogP contribution in [0.3, 0.4) is 0 Å². The third-order valence-electron chi connectivity index (χ3n) is 2.08. The first-order chi connectivity index (χ1) is 8.00. The van der Waals surface area contributed by atoms with Crippen LogP contribution in [0.2, 0.25) is 0 Å². The minimum absolute atomic E-state index is 0.185. The van der Waals surface area contributed by atoms with Gasteiger partial charge in [0.05, 0.1) is 0 Å². The number of hydrogen-bond acceptors (Lipinski definition) is 4. The summed E-state index contributed by atoms with van der Waals surface area (Å²) < 4.78 is 0. The summed E-state index contributed by atoms with van der Waals surface area (Å²) in [6.07, 6.45) is 0. The molecule has 94 valence electrons. The zero-order valence-electron chi connectivity index (χ0n) is 9.82. The van der Waals surface area contributed by atoms with Crippen LogP contribution in [0.25, 0.3) is 0 Å². The minimum Gasteiger partial charge on any atom is -0.358 e. The Morgan fingerprint density at radius 3 is 2.71 bits per heavy atom. The smallest absolute Gasteiger partial charge is 0.321 e. The van der Waals surface area contributed by atoms with E-state index in [1.807, 2.05) is 13.8 Å². The van der Waals surface area contributed by atoms with Crippen LogP contribution in [0.4, 0.5) is 5.82 Å². The average molecular weight is 240 g/mol. The fourth-order valence-corrected chi connectivity index (χ4v) is 1.25. The van der Waals surface area contributed by atoms with Gasteiger partial charge in [0.1, 0.15) is 0 Å². The molecule has 17 heavy (non-hydrogen) atoms. The van der Waals surface area contributed by atoms with Gasteiger partial charge in [-0.2, -0.15) is 0 Å². The maximum atomic E-state index is 11.5. The van der Waals surface area contributed by atoms with E-state index in [2.05, 4.69) is 15.6 Å². The molecule has 0 saturated carbocycles. The maximum absolute atomic E-state index is 11.5. The number of nitro groups is 1. The molecule has 0 bridgehead atoms. The summed E-state index contributed by atoms with van der Waals surface area (Å²) in [5, 5.41) is 16.2. The highest BCUT2D eigenvalue weighted by atomic mass is 16.6. The zero-order chi connectivity index (χ0) is 12.8. The predicted octanol–water partition coefficient (Wildman–Crippen LogP) is 0.651. The lowest BCUT2D eigenvalue weighted by atomic mass is 10.4. The summed E-state index contributed by atoms with van der Waals surface area (Å²) in [4.78, 5) is 23.8. The SMILES string of the molecule is CC(C)NCCNC(=O)c1ccc([N+](=O)[O-])[nH]1. The second-order valence-corrected chi connectivity index (χ2v) is 3.88. The van der Waals surface area contributed by atoms with Gasteiger partial charge < -0.3 is 20.7 Å². The van der Waals surface area contributed by atoms with Gasteiger partial charge in [-0.05, 0) is 11.0 Å². The lowest BCUT2D eigenvalue weighted by Crippen LogP contribution is -2.34. The lowest BCUT2D eigenvalue weighted by Gasteiger charge is -2.07. The van der Waals surface area contributed by atoms with Crippen molar-refractivity contribution in [3.8, 4) is 0 Å². The monoisotopic (exact) mass is 240 g/mol. The summed E-state index contributed by atoms with van der Waals surface area (Å²) in [6, 6.07) is 3.02. The van der Waals surface area contributed by atoms with E-state index in [1.165, 1.54) is 12.1 Å². The normalized spacial score (nSPS) is 10.5. The van der Waals surface area contributed by atoms with Crippen molar-refractivity contribution in [3.05, 3.63) is 27.9 Å². The van der Waals surface area contributed by atoms with Gasteiger partial charge in [0.2, 0.25) is 0 Å². The quantitative estimate of drug-likeness (QED) is 0.386. The number of nitrogens with one attached hydrogen (secondary N) is 3. The molecule has 0 radical (unpaired) electrons. The molecule has 3 N–H and O–H groups in total. The third-order valence-corrected chi connectivity index (χ3v) is 2.08. The molecule has 1 aromatic rings. The van der Waals surface area contributed by atoms with E-state index in [4.69, 9.17) is 0 Å². The van der Waals surface area contributed by atoms with E-state index < -0.39 is 4.92 Å². The summed E-state index contributed by atoms with van der Waals surface area (Å²) in [6.45, 7) is 5.16. The second-order valence-electron chi connectivity index (χ2n) is 3.88. The number of H-pyrrole nitrogens is 1. The number of carbonyl (C=O) groups is 1. The second kappa shape index (κ2) is 6.00. The highest BCUT2D eigenvalue weighted by Crippen LogP contribution is 2.09. The van der Waals surface area contributed by atoms with E-state index in [-0.39, 0.29) is 17.4 Å². The van der Waals surface area contributed by atoms with Gasteiger partial charge in [-0.15, -0.1) is 0 Å². The van der Waals surface area contributed by atoms with Crippen molar-refractivity contribution in [2.75, 3.05) is 13.1 Å². The van der Waals surface area contributed by atoms with Crippen molar-refractivity contribution in [3.63, 3.8) is 0 Å². The fourth-order valence-electron chi connectivity index (χ4n) is 1.25. The highest BCUT2D eigenvalue weighted by molar-refractivity contribution is 5.92. The molecule has 1 rings (SSSR count). The molecule has 0 spiro atoms. The number of aromatic nitrogens is 1. The standard InChI is InChI=1S/C10H16N4O3/c1-7(2)11-5-6-12-10(15)8-3-4-9(13-8)14(16)17/h3-4,7,11,13H,5-6H2,1-2H3,(H,12,15). The molecule has 0 fully saturated rings. The van der Waals surface area contributed by atoms with Crippen LogP contribution in [0.5, 0.6) is 0 Å².